The van der Waals surface area contributed by atoms with E-state index in [1.807, 2.05) is 59.4 Å². The van der Waals surface area contributed by atoms with Gasteiger partial charge in [0.2, 0.25) is 0 Å². The van der Waals surface area contributed by atoms with E-state index in [9.17, 15) is 14.7 Å². The van der Waals surface area contributed by atoms with Crippen molar-refractivity contribution in [2.75, 3.05) is 4.90 Å². The number of fused-ring (bicyclic) bond motifs is 1. The Morgan fingerprint density at radius 1 is 0.879 bits per heavy atom. The van der Waals surface area contributed by atoms with E-state index in [0.29, 0.717) is 21.8 Å². The van der Waals surface area contributed by atoms with Gasteiger partial charge >= 0.3 is 0 Å². The van der Waals surface area contributed by atoms with Gasteiger partial charge in [-0.15, -0.1) is 0 Å². The van der Waals surface area contributed by atoms with Gasteiger partial charge in [0, 0.05) is 34.2 Å². The van der Waals surface area contributed by atoms with Crippen molar-refractivity contribution in [2.24, 2.45) is 0 Å². The molecule has 0 saturated heterocycles. The van der Waals surface area contributed by atoms with Gasteiger partial charge in [0.15, 0.2) is 11.4 Å². The van der Waals surface area contributed by atoms with Gasteiger partial charge in [0.05, 0.1) is 18.7 Å². The quantitative estimate of drug-likeness (QED) is 0.409. The van der Waals surface area contributed by atoms with Crippen LogP contribution in [0.3, 0.4) is 0 Å². The Morgan fingerprint density at radius 3 is 2.24 bits per heavy atom. The van der Waals surface area contributed by atoms with Crippen molar-refractivity contribution in [1.82, 2.24) is 4.57 Å². The number of hydrogen-bond donors (Lipinski definition) is 1. The highest BCUT2D eigenvalue weighted by Crippen LogP contribution is 2.43. The van der Waals surface area contributed by atoms with E-state index in [1.54, 1.807) is 42.5 Å². The van der Waals surface area contributed by atoms with Crippen molar-refractivity contribution in [3.8, 4) is 5.69 Å². The zero-order chi connectivity index (χ0) is 23.0. The van der Waals surface area contributed by atoms with E-state index in [0.717, 1.165) is 11.3 Å². The van der Waals surface area contributed by atoms with E-state index in [4.69, 9.17) is 11.6 Å². The molecule has 0 aliphatic carbocycles. The highest BCUT2D eigenvalue weighted by atomic mass is 35.5. The molecule has 0 saturated carbocycles. The molecule has 33 heavy (non-hydrogen) atoms. The lowest BCUT2D eigenvalue weighted by molar-refractivity contribution is -0.136. The minimum Gasteiger partial charge on any atom is -0.375 e. The third kappa shape index (κ3) is 3.86. The third-order valence-corrected chi connectivity index (χ3v) is 6.25. The van der Waals surface area contributed by atoms with Crippen molar-refractivity contribution in [2.45, 2.75) is 18.6 Å². The van der Waals surface area contributed by atoms with Crippen LogP contribution in [-0.4, -0.2) is 21.4 Å². The lowest BCUT2D eigenvalue weighted by Crippen LogP contribution is -2.41. The van der Waals surface area contributed by atoms with Gasteiger partial charge in [-0.2, -0.15) is 0 Å². The largest absolute Gasteiger partial charge is 0.375 e. The second kappa shape index (κ2) is 8.35. The second-order valence-corrected chi connectivity index (χ2v) is 8.57. The summed E-state index contributed by atoms with van der Waals surface area (Å²) in [5, 5.41) is 12.1. The van der Waals surface area contributed by atoms with Gasteiger partial charge in [-0.1, -0.05) is 41.9 Å². The third-order valence-electron chi connectivity index (χ3n) is 6.00. The number of carbonyl (C=O) groups is 2. The molecule has 4 aromatic rings. The second-order valence-electron chi connectivity index (χ2n) is 8.13. The van der Waals surface area contributed by atoms with Gasteiger partial charge < -0.3 is 14.6 Å². The Bertz CT molecular complexity index is 1310. The van der Waals surface area contributed by atoms with Crippen LogP contribution in [0.2, 0.25) is 5.02 Å². The maximum atomic E-state index is 13.4. The molecule has 6 heteroatoms. The fourth-order valence-corrected chi connectivity index (χ4v) is 4.39. The Morgan fingerprint density at radius 2 is 1.55 bits per heavy atom. The molecule has 5 nitrogen and oxygen atoms in total. The van der Waals surface area contributed by atoms with Crippen molar-refractivity contribution < 1.29 is 14.7 Å². The summed E-state index contributed by atoms with van der Waals surface area (Å²) in [5.41, 5.74) is 1.38. The van der Waals surface area contributed by atoms with E-state index < -0.39 is 11.5 Å². The molecule has 3 aromatic carbocycles. The minimum atomic E-state index is -1.92. The molecule has 164 valence electrons. The number of para-hydroxylation sites is 1. The average molecular weight is 457 g/mol. The summed E-state index contributed by atoms with van der Waals surface area (Å²) in [4.78, 5) is 28.1. The molecule has 0 bridgehead atoms. The molecule has 1 aliphatic rings. The topological polar surface area (TPSA) is 62.5 Å². The Kier molecular flexibility index (Phi) is 5.36. The maximum absolute atomic E-state index is 13.4. The Hall–Kier alpha value is -3.67. The number of halogens is 1. The average Bonchev–Trinajstić information content (AvgIpc) is 3.44. The number of Topliss-reactive ketones (excluding diaryl/α,β-unsaturated/α-hetero) is 1. The van der Waals surface area contributed by atoms with E-state index in [-0.39, 0.29) is 18.7 Å². The number of nitrogens with zero attached hydrogens (tertiary/aromatic N) is 2. The molecule has 1 N–H and O–H groups in total. The number of amides is 1. The van der Waals surface area contributed by atoms with Gasteiger partial charge in [0.1, 0.15) is 0 Å². The number of carbonyl (C=O) groups excluding carboxylic acids is 2. The molecule has 1 atom stereocenters. The van der Waals surface area contributed by atoms with Gasteiger partial charge in [-0.05, 0) is 60.2 Å². The summed E-state index contributed by atoms with van der Waals surface area (Å²) in [7, 11) is 0. The van der Waals surface area contributed by atoms with Gasteiger partial charge in [0.25, 0.3) is 5.91 Å². The van der Waals surface area contributed by atoms with E-state index >= 15 is 0 Å². The lowest BCUT2D eigenvalue weighted by Gasteiger charge is -2.23. The molecule has 0 radical (unpaired) electrons. The Balaban J connectivity index is 1.41. The van der Waals surface area contributed by atoms with Crippen molar-refractivity contribution >= 4 is 29.0 Å². The van der Waals surface area contributed by atoms with E-state index in [1.165, 1.54) is 4.90 Å². The number of ketones is 1. The SMILES string of the molecule is O=C(C[C@@]1(O)C(=O)N(Cc2ccc(Cl)cc2)c2ccccc21)c1ccc(-n2cccc2)cc1. The van der Waals surface area contributed by atoms with Crippen LogP contribution in [0.1, 0.15) is 27.9 Å². The summed E-state index contributed by atoms with van der Waals surface area (Å²) >= 11 is 5.98. The van der Waals surface area contributed by atoms with Crippen LogP contribution in [0.15, 0.2) is 97.3 Å². The van der Waals surface area contributed by atoms with Crippen LogP contribution in [0.5, 0.6) is 0 Å². The summed E-state index contributed by atoms with van der Waals surface area (Å²) < 4.78 is 1.94. The normalized spacial score (nSPS) is 17.3. The molecule has 1 aliphatic heterocycles. The van der Waals surface area contributed by atoms with Crippen LogP contribution in [0, 0.1) is 0 Å². The van der Waals surface area contributed by atoms with Crippen LogP contribution < -0.4 is 4.90 Å². The molecule has 1 amide bonds. The first-order valence-corrected chi connectivity index (χ1v) is 11.0. The standard InChI is InChI=1S/C27H21ClN2O3/c28-21-11-7-19(8-12-21)18-30-24-6-2-1-5-23(24)27(33,26(30)32)17-25(31)20-9-13-22(14-10-20)29-15-3-4-16-29/h1-16,33H,17-18H2/t27-/m0/s1. The summed E-state index contributed by atoms with van der Waals surface area (Å²) in [5.74, 6) is -0.802. The maximum Gasteiger partial charge on any atom is 0.264 e. The monoisotopic (exact) mass is 456 g/mol. The fraction of sp³-hybridized carbons (Fsp3) is 0.111. The smallest absolute Gasteiger partial charge is 0.264 e. The highest BCUT2D eigenvalue weighted by Gasteiger charge is 2.50. The molecule has 0 fully saturated rings. The number of benzene rings is 3. The van der Waals surface area contributed by atoms with Crippen LogP contribution in [0.25, 0.3) is 5.69 Å². The van der Waals surface area contributed by atoms with Gasteiger partial charge in [-0.3, -0.25) is 9.59 Å². The zero-order valence-electron chi connectivity index (χ0n) is 17.7. The van der Waals surface area contributed by atoms with E-state index in [2.05, 4.69) is 0 Å². The van der Waals surface area contributed by atoms with Crippen LogP contribution in [0.4, 0.5) is 5.69 Å². The van der Waals surface area contributed by atoms with Crippen LogP contribution in [-0.2, 0) is 16.9 Å². The first-order valence-electron chi connectivity index (χ1n) is 10.6. The molecule has 1 aromatic heterocycles. The summed E-state index contributed by atoms with van der Waals surface area (Å²) in [6.45, 7) is 0.273. The van der Waals surface area contributed by atoms with Crippen molar-refractivity contribution in [3.05, 3.63) is 119 Å². The fourth-order valence-electron chi connectivity index (χ4n) is 4.27. The number of aromatic nitrogens is 1. The molecule has 0 spiro atoms. The molecule has 5 rings (SSSR count). The lowest BCUT2D eigenvalue weighted by atomic mass is 9.88. The zero-order valence-corrected chi connectivity index (χ0v) is 18.4. The number of rotatable bonds is 6. The molecule has 2 heterocycles. The molecular weight excluding hydrogens is 436 g/mol. The summed E-state index contributed by atoms with van der Waals surface area (Å²) in [6.07, 6.45) is 3.51. The predicted molar refractivity (Wildman–Crippen MR) is 128 cm³/mol. The summed E-state index contributed by atoms with van der Waals surface area (Å²) in [6, 6.07) is 25.2. The van der Waals surface area contributed by atoms with Crippen molar-refractivity contribution in [3.63, 3.8) is 0 Å². The van der Waals surface area contributed by atoms with Gasteiger partial charge in [-0.25, -0.2) is 0 Å². The number of anilines is 1. The van der Waals surface area contributed by atoms with Crippen molar-refractivity contribution in [1.29, 1.82) is 0 Å². The Labute approximate surface area is 196 Å². The first kappa shape index (κ1) is 21.2. The molecular formula is C27H21ClN2O3. The number of hydrogen-bond acceptors (Lipinski definition) is 3. The number of aliphatic hydroxyl groups is 1. The minimum absolute atomic E-state index is 0.273. The van der Waals surface area contributed by atoms with Crippen LogP contribution >= 0.6 is 11.6 Å². The molecule has 0 unspecified atom stereocenters. The first-order chi connectivity index (χ1) is 16.0. The predicted octanol–water partition coefficient (Wildman–Crippen LogP) is 5.14. The highest BCUT2D eigenvalue weighted by molar-refractivity contribution is 6.30.